The highest BCUT2D eigenvalue weighted by molar-refractivity contribution is 5.81. The van der Waals surface area contributed by atoms with Crippen LogP contribution in [-0.2, 0) is 0 Å². The highest BCUT2D eigenvalue weighted by atomic mass is 16.3. The normalized spacial score (nSPS) is 11.1. The summed E-state index contributed by atoms with van der Waals surface area (Å²) in [7, 11) is 0. The maximum absolute atomic E-state index is 5.82. The third-order valence-corrected chi connectivity index (χ3v) is 3.49. The van der Waals surface area contributed by atoms with Crippen LogP contribution in [0.5, 0.6) is 0 Å². The zero-order valence-electron chi connectivity index (χ0n) is 11.5. The average Bonchev–Trinajstić information content (AvgIpc) is 3.16. The molecule has 102 valence electrons. The van der Waals surface area contributed by atoms with Crippen molar-refractivity contribution in [1.82, 2.24) is 4.98 Å². The van der Waals surface area contributed by atoms with Crippen molar-refractivity contribution in [2.45, 2.75) is 6.92 Å². The molecule has 0 atom stereocenters. The van der Waals surface area contributed by atoms with Crippen LogP contribution in [0.2, 0.25) is 0 Å². The van der Waals surface area contributed by atoms with Crippen LogP contribution in [0.15, 0.2) is 69.7 Å². The Labute approximate surface area is 121 Å². The molecule has 0 fully saturated rings. The first-order chi connectivity index (χ1) is 10.3. The van der Waals surface area contributed by atoms with Gasteiger partial charge >= 0.3 is 0 Å². The van der Waals surface area contributed by atoms with Crippen LogP contribution in [0.25, 0.3) is 33.9 Å². The first-order valence-electron chi connectivity index (χ1n) is 6.81. The molecule has 3 heteroatoms. The first kappa shape index (κ1) is 12.0. The summed E-state index contributed by atoms with van der Waals surface area (Å²) >= 11 is 0. The Bertz CT molecular complexity index is 887. The van der Waals surface area contributed by atoms with Gasteiger partial charge in [0.25, 0.3) is 0 Å². The van der Waals surface area contributed by atoms with Gasteiger partial charge in [-0.15, -0.1) is 0 Å². The number of aromatic nitrogens is 1. The average molecular weight is 275 g/mol. The van der Waals surface area contributed by atoms with Crippen molar-refractivity contribution in [3.05, 3.63) is 66.4 Å². The second-order valence-corrected chi connectivity index (χ2v) is 5.04. The van der Waals surface area contributed by atoms with Gasteiger partial charge in [0.15, 0.2) is 5.58 Å². The number of nitrogens with zero attached hydrogens (tertiary/aromatic N) is 1. The Kier molecular flexibility index (Phi) is 2.64. The third-order valence-electron chi connectivity index (χ3n) is 3.49. The Morgan fingerprint density at radius 2 is 1.71 bits per heavy atom. The van der Waals surface area contributed by atoms with E-state index >= 15 is 0 Å². The molecule has 2 heterocycles. The molecule has 0 saturated heterocycles. The van der Waals surface area contributed by atoms with Gasteiger partial charge in [0.1, 0.15) is 11.3 Å². The van der Waals surface area contributed by atoms with Crippen LogP contribution < -0.4 is 0 Å². The highest BCUT2D eigenvalue weighted by Crippen LogP contribution is 2.28. The number of hydrogen-bond donors (Lipinski definition) is 0. The van der Waals surface area contributed by atoms with E-state index in [-0.39, 0.29) is 0 Å². The molecule has 0 aliphatic rings. The molecule has 2 aromatic carbocycles. The molecule has 4 rings (SSSR count). The van der Waals surface area contributed by atoms with E-state index in [0.29, 0.717) is 5.89 Å². The zero-order valence-corrected chi connectivity index (χ0v) is 11.5. The number of fused-ring (bicyclic) bond motifs is 1. The standard InChI is InChI=1S/C18H13NO2/c1-12-4-6-13(7-5-12)18-19-15-11-14(8-9-17(15)21-18)16-3-2-10-20-16/h2-11H,1H3. The van der Waals surface area contributed by atoms with Gasteiger partial charge in [-0.25, -0.2) is 4.98 Å². The van der Waals surface area contributed by atoms with Crippen LogP contribution in [-0.4, -0.2) is 4.98 Å². The lowest BCUT2D eigenvalue weighted by molar-refractivity contribution is 0.582. The summed E-state index contributed by atoms with van der Waals surface area (Å²) in [5.74, 6) is 1.47. The van der Waals surface area contributed by atoms with Crippen LogP contribution in [0, 0.1) is 6.92 Å². The topological polar surface area (TPSA) is 39.2 Å². The van der Waals surface area contributed by atoms with Crippen LogP contribution in [0.1, 0.15) is 5.56 Å². The van der Waals surface area contributed by atoms with E-state index in [4.69, 9.17) is 8.83 Å². The Balaban J connectivity index is 1.81. The van der Waals surface area contributed by atoms with Crippen LogP contribution in [0.3, 0.4) is 0 Å². The second kappa shape index (κ2) is 4.63. The number of aryl methyl sites for hydroxylation is 1. The van der Waals surface area contributed by atoms with E-state index in [1.165, 1.54) is 5.56 Å². The van der Waals surface area contributed by atoms with E-state index in [9.17, 15) is 0 Å². The summed E-state index contributed by atoms with van der Waals surface area (Å²) in [5, 5.41) is 0. The van der Waals surface area contributed by atoms with E-state index in [0.717, 1.165) is 28.0 Å². The van der Waals surface area contributed by atoms with Gasteiger partial charge in [0.05, 0.1) is 6.26 Å². The lowest BCUT2D eigenvalue weighted by atomic mass is 10.1. The summed E-state index contributed by atoms with van der Waals surface area (Å²) < 4.78 is 11.2. The van der Waals surface area contributed by atoms with Crippen LogP contribution in [0.4, 0.5) is 0 Å². The minimum absolute atomic E-state index is 0.640. The molecule has 0 aliphatic heterocycles. The third kappa shape index (κ3) is 2.13. The van der Waals surface area contributed by atoms with E-state index in [2.05, 4.69) is 24.0 Å². The van der Waals surface area contributed by atoms with Crippen LogP contribution >= 0.6 is 0 Å². The largest absolute Gasteiger partial charge is 0.464 e. The Morgan fingerprint density at radius 1 is 0.905 bits per heavy atom. The predicted octanol–water partition coefficient (Wildman–Crippen LogP) is 5.06. The summed E-state index contributed by atoms with van der Waals surface area (Å²) in [6.07, 6.45) is 1.67. The number of furan rings is 1. The summed E-state index contributed by atoms with van der Waals surface area (Å²) in [4.78, 5) is 4.57. The molecule has 21 heavy (non-hydrogen) atoms. The molecule has 0 N–H and O–H groups in total. The van der Waals surface area contributed by atoms with Gasteiger partial charge in [-0.1, -0.05) is 17.7 Å². The molecule has 2 aromatic heterocycles. The fourth-order valence-electron chi connectivity index (χ4n) is 2.34. The monoisotopic (exact) mass is 275 g/mol. The fraction of sp³-hybridized carbons (Fsp3) is 0.0556. The van der Waals surface area contributed by atoms with E-state index in [1.807, 2.05) is 42.5 Å². The summed E-state index contributed by atoms with van der Waals surface area (Å²) in [6, 6.07) is 17.8. The molecular formula is C18H13NO2. The Morgan fingerprint density at radius 3 is 2.48 bits per heavy atom. The van der Waals surface area contributed by atoms with Crippen molar-refractivity contribution in [3.8, 4) is 22.8 Å². The maximum Gasteiger partial charge on any atom is 0.227 e. The molecule has 0 bridgehead atoms. The van der Waals surface area contributed by atoms with Gasteiger partial charge in [0.2, 0.25) is 5.89 Å². The van der Waals surface area contributed by atoms with Gasteiger partial charge in [-0.3, -0.25) is 0 Å². The van der Waals surface area contributed by atoms with Crippen molar-refractivity contribution in [1.29, 1.82) is 0 Å². The molecule has 0 spiro atoms. The number of benzene rings is 2. The van der Waals surface area contributed by atoms with Gasteiger partial charge in [0, 0.05) is 11.1 Å². The van der Waals surface area contributed by atoms with Gasteiger partial charge in [-0.2, -0.15) is 0 Å². The molecular weight excluding hydrogens is 262 g/mol. The number of rotatable bonds is 2. The smallest absolute Gasteiger partial charge is 0.227 e. The highest BCUT2D eigenvalue weighted by Gasteiger charge is 2.10. The number of oxazole rings is 1. The van der Waals surface area contributed by atoms with E-state index < -0.39 is 0 Å². The second-order valence-electron chi connectivity index (χ2n) is 5.04. The minimum Gasteiger partial charge on any atom is -0.464 e. The molecule has 0 unspecified atom stereocenters. The fourth-order valence-corrected chi connectivity index (χ4v) is 2.34. The Hall–Kier alpha value is -2.81. The number of hydrogen-bond acceptors (Lipinski definition) is 3. The zero-order chi connectivity index (χ0) is 14.2. The van der Waals surface area contributed by atoms with Crippen molar-refractivity contribution < 1.29 is 8.83 Å². The quantitative estimate of drug-likeness (QED) is 0.513. The molecule has 0 aliphatic carbocycles. The van der Waals surface area contributed by atoms with E-state index in [1.54, 1.807) is 6.26 Å². The van der Waals surface area contributed by atoms with Gasteiger partial charge in [-0.05, 0) is 49.4 Å². The lowest BCUT2D eigenvalue weighted by Crippen LogP contribution is -1.78. The maximum atomic E-state index is 5.82. The molecule has 0 radical (unpaired) electrons. The minimum atomic E-state index is 0.640. The first-order valence-corrected chi connectivity index (χ1v) is 6.81. The van der Waals surface area contributed by atoms with Crippen molar-refractivity contribution in [2.24, 2.45) is 0 Å². The molecule has 3 nitrogen and oxygen atoms in total. The molecule has 0 amide bonds. The van der Waals surface area contributed by atoms with Gasteiger partial charge < -0.3 is 8.83 Å². The molecule has 0 saturated carbocycles. The predicted molar refractivity (Wildman–Crippen MR) is 81.9 cm³/mol. The molecule has 4 aromatic rings. The summed E-state index contributed by atoms with van der Waals surface area (Å²) in [6.45, 7) is 2.06. The van der Waals surface area contributed by atoms with Crippen molar-refractivity contribution in [2.75, 3.05) is 0 Å². The van der Waals surface area contributed by atoms with Crippen molar-refractivity contribution >= 4 is 11.1 Å². The lowest BCUT2D eigenvalue weighted by Gasteiger charge is -1.95. The summed E-state index contributed by atoms with van der Waals surface area (Å²) in [5.41, 5.74) is 4.81. The van der Waals surface area contributed by atoms with Crippen molar-refractivity contribution in [3.63, 3.8) is 0 Å². The SMILES string of the molecule is Cc1ccc(-c2nc3cc(-c4ccco4)ccc3o2)cc1.